The zero-order valence-electron chi connectivity index (χ0n) is 13.7. The van der Waals surface area contributed by atoms with Gasteiger partial charge in [0.1, 0.15) is 0 Å². The Morgan fingerprint density at radius 2 is 1.38 bits per heavy atom. The van der Waals surface area contributed by atoms with Gasteiger partial charge in [-0.1, -0.05) is 79.9 Å². The number of rotatable bonds is 6. The van der Waals surface area contributed by atoms with Crippen LogP contribution in [0.15, 0.2) is 104 Å². The summed E-state index contributed by atoms with van der Waals surface area (Å²) in [6, 6.07) is 29.0. The van der Waals surface area contributed by atoms with Crippen LogP contribution in [0.3, 0.4) is 0 Å². The molecule has 0 aliphatic rings. The molecule has 0 fully saturated rings. The third-order valence-electron chi connectivity index (χ3n) is 4.02. The number of para-hydroxylation sites is 2. The van der Waals surface area contributed by atoms with Crippen molar-refractivity contribution >= 4 is 16.9 Å². The maximum absolute atomic E-state index is 4.33. The van der Waals surface area contributed by atoms with Crippen molar-refractivity contribution in [3.63, 3.8) is 0 Å². The third kappa shape index (κ3) is 3.47. The first-order valence-corrected chi connectivity index (χ1v) is 8.07. The molecule has 0 bridgehead atoms. The van der Waals surface area contributed by atoms with Crippen molar-refractivity contribution in [2.45, 2.75) is 6.42 Å². The van der Waals surface area contributed by atoms with E-state index in [2.05, 4.69) is 72.7 Å². The summed E-state index contributed by atoms with van der Waals surface area (Å²) in [7, 11) is 0. The van der Waals surface area contributed by atoms with Crippen molar-refractivity contribution < 1.29 is 0 Å². The molecule has 0 amide bonds. The van der Waals surface area contributed by atoms with Gasteiger partial charge in [-0.3, -0.25) is 0 Å². The number of benzene rings is 3. The summed E-state index contributed by atoms with van der Waals surface area (Å²) >= 11 is 0. The van der Waals surface area contributed by atoms with E-state index in [0.717, 1.165) is 28.9 Å². The third-order valence-corrected chi connectivity index (χ3v) is 4.02. The highest BCUT2D eigenvalue weighted by molar-refractivity contribution is 5.81. The smallest absolute Gasteiger partial charge is 0.0530 e. The molecule has 0 heterocycles. The molecule has 3 aromatic carbocycles. The standard InChI is InChI=1S/C23H21N/c1-3-24(21-14-8-5-9-15-21)23-17-11-10-16-22(23)19(2)18-20-12-6-4-7-13-20/h3-17H,1-2,18H2. The molecule has 0 radical (unpaired) electrons. The molecule has 1 heteroatoms. The van der Waals surface area contributed by atoms with Crippen LogP contribution in [0.25, 0.3) is 5.57 Å². The molecule has 0 aliphatic heterocycles. The maximum atomic E-state index is 4.33. The van der Waals surface area contributed by atoms with Gasteiger partial charge in [-0.05, 0) is 35.8 Å². The fourth-order valence-corrected chi connectivity index (χ4v) is 2.85. The molecule has 0 N–H and O–H groups in total. The molecule has 0 aromatic heterocycles. The first kappa shape index (κ1) is 15.8. The van der Waals surface area contributed by atoms with Crippen LogP contribution in [-0.2, 0) is 6.42 Å². The molecule has 3 aromatic rings. The second-order valence-corrected chi connectivity index (χ2v) is 5.67. The molecule has 24 heavy (non-hydrogen) atoms. The zero-order chi connectivity index (χ0) is 16.8. The van der Waals surface area contributed by atoms with E-state index < -0.39 is 0 Å². The number of anilines is 2. The highest BCUT2D eigenvalue weighted by Crippen LogP contribution is 2.33. The normalized spacial score (nSPS) is 10.2. The Morgan fingerprint density at radius 1 is 0.792 bits per heavy atom. The number of hydrogen-bond donors (Lipinski definition) is 0. The van der Waals surface area contributed by atoms with Gasteiger partial charge in [-0.15, -0.1) is 0 Å². The molecule has 0 atom stereocenters. The van der Waals surface area contributed by atoms with Crippen molar-refractivity contribution in [3.05, 3.63) is 115 Å². The molecule has 0 aliphatic carbocycles. The fraction of sp³-hybridized carbons (Fsp3) is 0.0435. The van der Waals surface area contributed by atoms with E-state index in [1.165, 1.54) is 5.56 Å². The number of hydrogen-bond acceptors (Lipinski definition) is 1. The number of allylic oxidation sites excluding steroid dienone is 1. The van der Waals surface area contributed by atoms with Gasteiger partial charge in [0, 0.05) is 17.5 Å². The number of nitrogens with zero attached hydrogens (tertiary/aromatic N) is 1. The van der Waals surface area contributed by atoms with Crippen molar-refractivity contribution in [2.24, 2.45) is 0 Å². The molecule has 0 unspecified atom stereocenters. The quantitative estimate of drug-likeness (QED) is 0.522. The van der Waals surface area contributed by atoms with Crippen molar-refractivity contribution in [1.82, 2.24) is 0 Å². The van der Waals surface area contributed by atoms with E-state index in [4.69, 9.17) is 0 Å². The van der Waals surface area contributed by atoms with Crippen molar-refractivity contribution in [1.29, 1.82) is 0 Å². The highest BCUT2D eigenvalue weighted by Gasteiger charge is 2.12. The SMILES string of the molecule is C=CN(c1ccccc1)c1ccccc1C(=C)Cc1ccccc1. The van der Waals surface area contributed by atoms with E-state index in [9.17, 15) is 0 Å². The van der Waals surface area contributed by atoms with Crippen LogP contribution < -0.4 is 4.90 Å². The topological polar surface area (TPSA) is 3.24 Å². The summed E-state index contributed by atoms with van der Waals surface area (Å²) in [4.78, 5) is 2.10. The van der Waals surface area contributed by atoms with Gasteiger partial charge in [0.15, 0.2) is 0 Å². The largest absolute Gasteiger partial charge is 0.317 e. The molecule has 1 nitrogen and oxygen atoms in total. The molecule has 0 saturated heterocycles. The Labute approximate surface area is 144 Å². The van der Waals surface area contributed by atoms with Crippen LogP contribution in [-0.4, -0.2) is 0 Å². The van der Waals surface area contributed by atoms with E-state index in [1.54, 1.807) is 0 Å². The molecular weight excluding hydrogens is 290 g/mol. The predicted octanol–water partition coefficient (Wildman–Crippen LogP) is 6.22. The lowest BCUT2D eigenvalue weighted by molar-refractivity contribution is 1.24. The molecule has 0 saturated carbocycles. The lowest BCUT2D eigenvalue weighted by Gasteiger charge is -2.24. The lowest BCUT2D eigenvalue weighted by Crippen LogP contribution is -2.10. The molecular formula is C23H21N. The molecule has 118 valence electrons. The molecule has 0 spiro atoms. The Bertz CT molecular complexity index is 819. The summed E-state index contributed by atoms with van der Waals surface area (Å²) in [5.74, 6) is 0. The Hall–Kier alpha value is -3.06. The first-order valence-electron chi connectivity index (χ1n) is 8.07. The van der Waals surface area contributed by atoms with E-state index in [1.807, 2.05) is 36.5 Å². The van der Waals surface area contributed by atoms with Crippen LogP contribution in [0.4, 0.5) is 11.4 Å². The van der Waals surface area contributed by atoms with Gasteiger partial charge in [-0.2, -0.15) is 0 Å². The maximum Gasteiger partial charge on any atom is 0.0530 e. The lowest BCUT2D eigenvalue weighted by atomic mass is 9.97. The van der Waals surface area contributed by atoms with Gasteiger partial charge in [0.25, 0.3) is 0 Å². The van der Waals surface area contributed by atoms with Crippen LogP contribution in [0.2, 0.25) is 0 Å². The average molecular weight is 311 g/mol. The van der Waals surface area contributed by atoms with Crippen LogP contribution in [0.5, 0.6) is 0 Å². The van der Waals surface area contributed by atoms with Gasteiger partial charge in [0.05, 0.1) is 5.69 Å². The van der Waals surface area contributed by atoms with E-state index in [0.29, 0.717) is 0 Å². The van der Waals surface area contributed by atoms with Crippen LogP contribution in [0, 0.1) is 0 Å². The summed E-state index contributed by atoms with van der Waals surface area (Å²) < 4.78 is 0. The monoisotopic (exact) mass is 311 g/mol. The van der Waals surface area contributed by atoms with Gasteiger partial charge >= 0.3 is 0 Å². The Balaban J connectivity index is 1.95. The first-order chi connectivity index (χ1) is 11.8. The zero-order valence-corrected chi connectivity index (χ0v) is 13.7. The molecule has 3 rings (SSSR count). The summed E-state index contributed by atoms with van der Waals surface area (Å²) in [5.41, 5.74) is 5.69. The highest BCUT2D eigenvalue weighted by atomic mass is 15.1. The summed E-state index contributed by atoms with van der Waals surface area (Å²) in [5, 5.41) is 0. The second-order valence-electron chi connectivity index (χ2n) is 5.67. The van der Waals surface area contributed by atoms with Gasteiger partial charge in [0.2, 0.25) is 0 Å². The predicted molar refractivity (Wildman–Crippen MR) is 104 cm³/mol. The minimum Gasteiger partial charge on any atom is -0.317 e. The van der Waals surface area contributed by atoms with Gasteiger partial charge in [-0.25, -0.2) is 0 Å². The van der Waals surface area contributed by atoms with Crippen molar-refractivity contribution in [3.8, 4) is 0 Å². The minimum atomic E-state index is 0.831. The minimum absolute atomic E-state index is 0.831. The van der Waals surface area contributed by atoms with Crippen LogP contribution >= 0.6 is 0 Å². The van der Waals surface area contributed by atoms with Crippen molar-refractivity contribution in [2.75, 3.05) is 4.90 Å². The summed E-state index contributed by atoms with van der Waals surface area (Å²) in [6.45, 7) is 8.32. The average Bonchev–Trinajstić information content (AvgIpc) is 2.64. The Morgan fingerprint density at radius 3 is 2.04 bits per heavy atom. The van der Waals surface area contributed by atoms with Gasteiger partial charge < -0.3 is 4.90 Å². The van der Waals surface area contributed by atoms with E-state index >= 15 is 0 Å². The summed E-state index contributed by atoms with van der Waals surface area (Å²) in [6.07, 6.45) is 2.68. The fourth-order valence-electron chi connectivity index (χ4n) is 2.85. The second kappa shape index (κ2) is 7.47. The van der Waals surface area contributed by atoms with Crippen LogP contribution in [0.1, 0.15) is 11.1 Å². The van der Waals surface area contributed by atoms with E-state index in [-0.39, 0.29) is 0 Å². The Kier molecular flexibility index (Phi) is 4.93.